The molecule has 1 N–H and O–H groups in total. The summed E-state index contributed by atoms with van der Waals surface area (Å²) in [4.78, 5) is 0. The minimum absolute atomic E-state index is 0.134. The first-order chi connectivity index (χ1) is 9.97. The highest BCUT2D eigenvalue weighted by molar-refractivity contribution is 6.32. The van der Waals surface area contributed by atoms with Crippen molar-refractivity contribution in [1.82, 2.24) is 15.1 Å². The van der Waals surface area contributed by atoms with E-state index in [1.165, 1.54) is 12.3 Å². The molecule has 3 nitrogen and oxygen atoms in total. The van der Waals surface area contributed by atoms with Crippen LogP contribution in [0.1, 0.15) is 24.1 Å². The van der Waals surface area contributed by atoms with Gasteiger partial charge in [-0.15, -0.1) is 0 Å². The number of nitrogens with one attached hydrogen (secondary N) is 1. The van der Waals surface area contributed by atoms with Gasteiger partial charge in [-0.25, -0.2) is 4.68 Å². The number of rotatable bonds is 4. The highest BCUT2D eigenvalue weighted by Crippen LogP contribution is 2.35. The van der Waals surface area contributed by atoms with Gasteiger partial charge < -0.3 is 5.32 Å². The van der Waals surface area contributed by atoms with Crippen LogP contribution in [0.15, 0.2) is 30.5 Å². The van der Waals surface area contributed by atoms with Crippen LogP contribution in [0.2, 0.25) is 5.02 Å². The van der Waals surface area contributed by atoms with Crippen LogP contribution in [-0.2, 0) is 12.7 Å². The van der Waals surface area contributed by atoms with Gasteiger partial charge in [-0.1, -0.05) is 23.7 Å². The molecule has 1 aromatic heterocycles. The Labute approximate surface area is 124 Å². The molecular formula is C14H13ClF3N3. The van der Waals surface area contributed by atoms with Crippen LogP contribution >= 0.6 is 11.6 Å². The van der Waals surface area contributed by atoms with Crippen LogP contribution in [0.25, 0.3) is 5.69 Å². The number of halogens is 4. The molecule has 3 rings (SSSR count). The van der Waals surface area contributed by atoms with Gasteiger partial charge in [-0.3, -0.25) is 0 Å². The maximum atomic E-state index is 13.4. The average Bonchev–Trinajstić information content (AvgIpc) is 3.14. The molecule has 0 unspecified atom stereocenters. The molecule has 1 saturated carbocycles. The summed E-state index contributed by atoms with van der Waals surface area (Å²) in [5.41, 5.74) is -0.415. The van der Waals surface area contributed by atoms with Gasteiger partial charge in [0.15, 0.2) is 5.69 Å². The van der Waals surface area contributed by atoms with Crippen molar-refractivity contribution < 1.29 is 13.2 Å². The Morgan fingerprint density at radius 1 is 1.29 bits per heavy atom. The Balaban J connectivity index is 2.01. The minimum atomic E-state index is -4.49. The molecule has 0 spiro atoms. The zero-order chi connectivity index (χ0) is 15.0. The number of alkyl halides is 3. The van der Waals surface area contributed by atoms with E-state index < -0.39 is 11.9 Å². The molecule has 21 heavy (non-hydrogen) atoms. The van der Waals surface area contributed by atoms with Gasteiger partial charge in [0, 0.05) is 18.2 Å². The lowest BCUT2D eigenvalue weighted by Crippen LogP contribution is -2.20. The van der Waals surface area contributed by atoms with E-state index in [1.807, 2.05) is 0 Å². The molecule has 1 fully saturated rings. The monoisotopic (exact) mass is 315 g/mol. The Morgan fingerprint density at radius 3 is 2.62 bits per heavy atom. The Kier molecular flexibility index (Phi) is 3.67. The van der Waals surface area contributed by atoms with Gasteiger partial charge in [0.25, 0.3) is 0 Å². The van der Waals surface area contributed by atoms with Crippen LogP contribution in [-0.4, -0.2) is 15.8 Å². The summed E-state index contributed by atoms with van der Waals surface area (Å²) in [5, 5.41) is 7.19. The topological polar surface area (TPSA) is 29.9 Å². The van der Waals surface area contributed by atoms with Crippen molar-refractivity contribution in [2.75, 3.05) is 0 Å². The molecule has 1 heterocycles. The lowest BCUT2D eigenvalue weighted by Gasteiger charge is -2.14. The van der Waals surface area contributed by atoms with Crippen LogP contribution in [0, 0.1) is 0 Å². The standard InChI is InChI=1S/C14H13ClF3N3/c15-11-3-1-2-4-12(11)21-13(14(16,17)18)9(8-20-21)7-19-10-5-6-10/h1-4,8,10,19H,5-7H2. The van der Waals surface area contributed by atoms with Crippen molar-refractivity contribution in [2.24, 2.45) is 0 Å². The van der Waals surface area contributed by atoms with E-state index in [1.54, 1.807) is 18.2 Å². The van der Waals surface area contributed by atoms with Crippen molar-refractivity contribution in [3.63, 3.8) is 0 Å². The van der Waals surface area contributed by atoms with E-state index in [2.05, 4.69) is 10.4 Å². The zero-order valence-electron chi connectivity index (χ0n) is 11.0. The third-order valence-corrected chi connectivity index (χ3v) is 3.67. The largest absolute Gasteiger partial charge is 0.433 e. The number of benzene rings is 1. The second kappa shape index (κ2) is 5.35. The van der Waals surface area contributed by atoms with Crippen LogP contribution in [0.4, 0.5) is 13.2 Å². The molecule has 0 atom stereocenters. The molecule has 2 aromatic rings. The van der Waals surface area contributed by atoms with E-state index in [4.69, 9.17) is 11.6 Å². The maximum Gasteiger partial charge on any atom is 0.433 e. The van der Waals surface area contributed by atoms with Gasteiger partial charge >= 0.3 is 6.18 Å². The quantitative estimate of drug-likeness (QED) is 0.930. The van der Waals surface area contributed by atoms with Gasteiger partial charge in [0.05, 0.1) is 16.9 Å². The molecule has 0 radical (unpaired) electrons. The first kappa shape index (κ1) is 14.4. The predicted molar refractivity (Wildman–Crippen MR) is 73.4 cm³/mol. The van der Waals surface area contributed by atoms with Gasteiger partial charge in [-0.2, -0.15) is 18.3 Å². The summed E-state index contributed by atoms with van der Waals surface area (Å²) in [6.45, 7) is 0.157. The van der Waals surface area contributed by atoms with Gasteiger partial charge in [0.1, 0.15) is 0 Å². The Bertz CT molecular complexity index is 647. The number of hydrogen-bond donors (Lipinski definition) is 1. The molecular weight excluding hydrogens is 303 g/mol. The molecule has 1 aliphatic carbocycles. The molecule has 1 aromatic carbocycles. The lowest BCUT2D eigenvalue weighted by atomic mass is 10.2. The average molecular weight is 316 g/mol. The van der Waals surface area contributed by atoms with Crippen LogP contribution in [0.5, 0.6) is 0 Å². The summed E-state index contributed by atoms with van der Waals surface area (Å²) in [6.07, 6.45) is -1.21. The molecule has 0 saturated heterocycles. The van der Waals surface area contributed by atoms with E-state index in [-0.39, 0.29) is 22.8 Å². The summed E-state index contributed by atoms with van der Waals surface area (Å²) in [7, 11) is 0. The van der Waals surface area contributed by atoms with E-state index in [0.29, 0.717) is 6.04 Å². The highest BCUT2D eigenvalue weighted by Gasteiger charge is 2.39. The first-order valence-electron chi connectivity index (χ1n) is 6.59. The van der Waals surface area contributed by atoms with E-state index in [0.717, 1.165) is 17.5 Å². The van der Waals surface area contributed by atoms with Gasteiger partial charge in [-0.05, 0) is 25.0 Å². The number of hydrogen-bond acceptors (Lipinski definition) is 2. The van der Waals surface area contributed by atoms with Crippen LogP contribution < -0.4 is 5.32 Å². The second-order valence-electron chi connectivity index (χ2n) is 5.03. The van der Waals surface area contributed by atoms with E-state index in [9.17, 15) is 13.2 Å². The molecule has 0 bridgehead atoms. The van der Waals surface area contributed by atoms with Crippen molar-refractivity contribution in [3.8, 4) is 5.69 Å². The summed E-state index contributed by atoms with van der Waals surface area (Å²) in [6, 6.07) is 6.68. The first-order valence-corrected chi connectivity index (χ1v) is 6.97. The molecule has 1 aliphatic rings. The third kappa shape index (κ3) is 3.06. The second-order valence-corrected chi connectivity index (χ2v) is 5.44. The fourth-order valence-corrected chi connectivity index (χ4v) is 2.38. The lowest BCUT2D eigenvalue weighted by molar-refractivity contribution is -0.143. The Morgan fingerprint density at radius 2 is 2.00 bits per heavy atom. The molecule has 0 aliphatic heterocycles. The van der Waals surface area contributed by atoms with Crippen LogP contribution in [0.3, 0.4) is 0 Å². The maximum absolute atomic E-state index is 13.4. The smallest absolute Gasteiger partial charge is 0.310 e. The number of para-hydroxylation sites is 1. The van der Waals surface area contributed by atoms with Crippen molar-refractivity contribution in [3.05, 3.63) is 46.7 Å². The highest BCUT2D eigenvalue weighted by atomic mass is 35.5. The van der Waals surface area contributed by atoms with Crippen molar-refractivity contribution >= 4 is 11.6 Å². The van der Waals surface area contributed by atoms with Crippen molar-refractivity contribution in [1.29, 1.82) is 0 Å². The van der Waals surface area contributed by atoms with Gasteiger partial charge in [0.2, 0.25) is 0 Å². The fraction of sp³-hybridized carbons (Fsp3) is 0.357. The number of nitrogens with zero attached hydrogens (tertiary/aromatic N) is 2. The fourth-order valence-electron chi connectivity index (χ4n) is 2.16. The minimum Gasteiger partial charge on any atom is -0.310 e. The summed E-state index contributed by atoms with van der Waals surface area (Å²) < 4.78 is 41.0. The summed E-state index contributed by atoms with van der Waals surface area (Å²) in [5.74, 6) is 0. The molecule has 112 valence electrons. The van der Waals surface area contributed by atoms with Crippen molar-refractivity contribution in [2.45, 2.75) is 31.6 Å². The normalized spacial score (nSPS) is 15.4. The van der Waals surface area contributed by atoms with E-state index >= 15 is 0 Å². The Hall–Kier alpha value is -1.53. The SMILES string of the molecule is FC(F)(F)c1c(CNC2CC2)cnn1-c1ccccc1Cl. The summed E-state index contributed by atoms with van der Waals surface area (Å²) >= 11 is 5.98. The molecule has 7 heteroatoms. The number of aromatic nitrogens is 2. The predicted octanol–water partition coefficient (Wildman–Crippen LogP) is 3.80. The molecule has 0 amide bonds. The third-order valence-electron chi connectivity index (χ3n) is 3.35. The zero-order valence-corrected chi connectivity index (χ0v) is 11.7.